The van der Waals surface area contributed by atoms with Crippen molar-refractivity contribution in [1.82, 2.24) is 0 Å². The smallest absolute Gasteiger partial charge is 0.166 e. The summed E-state index contributed by atoms with van der Waals surface area (Å²) >= 11 is 0. The molecule has 0 radical (unpaired) electrons. The number of hydrogen-bond donors (Lipinski definition) is 0. The Hall–Kier alpha value is -1.11. The van der Waals surface area contributed by atoms with Crippen molar-refractivity contribution in [2.24, 2.45) is 5.92 Å². The van der Waals surface area contributed by atoms with E-state index in [1.165, 1.54) is 5.56 Å². The van der Waals surface area contributed by atoms with Crippen LogP contribution in [0.15, 0.2) is 18.2 Å². The minimum atomic E-state index is 0.195. The van der Waals surface area contributed by atoms with Crippen molar-refractivity contribution < 1.29 is 4.79 Å². The minimum absolute atomic E-state index is 0.195. The first-order valence-electron chi connectivity index (χ1n) is 4.33. The highest BCUT2D eigenvalue weighted by Gasteiger charge is 2.27. The molecule has 1 aliphatic rings. The molecule has 0 amide bonds. The fourth-order valence-electron chi connectivity index (χ4n) is 1.92. The lowest BCUT2D eigenvalue weighted by Crippen LogP contribution is -2.04. The van der Waals surface area contributed by atoms with E-state index >= 15 is 0 Å². The molecule has 1 atom stereocenters. The highest BCUT2D eigenvalue weighted by Crippen LogP contribution is 2.28. The first kappa shape index (κ1) is 7.53. The normalized spacial score (nSPS) is 21.2. The molecule has 1 nitrogen and oxygen atoms in total. The van der Waals surface area contributed by atoms with Crippen LogP contribution < -0.4 is 0 Å². The van der Waals surface area contributed by atoms with E-state index in [2.05, 4.69) is 6.07 Å². The van der Waals surface area contributed by atoms with Crippen molar-refractivity contribution in [3.8, 4) is 0 Å². The summed E-state index contributed by atoms with van der Waals surface area (Å²) in [6.07, 6.45) is 0.926. The van der Waals surface area contributed by atoms with Gasteiger partial charge in [-0.2, -0.15) is 0 Å². The van der Waals surface area contributed by atoms with Crippen LogP contribution in [0, 0.1) is 12.8 Å². The van der Waals surface area contributed by atoms with Crippen LogP contribution in [0.3, 0.4) is 0 Å². The lowest BCUT2D eigenvalue weighted by atomic mass is 10.0. The fraction of sp³-hybridized carbons (Fsp3) is 0.364. The van der Waals surface area contributed by atoms with Gasteiger partial charge in [-0.15, -0.1) is 0 Å². The molecule has 0 aliphatic heterocycles. The van der Waals surface area contributed by atoms with Gasteiger partial charge in [-0.25, -0.2) is 0 Å². The zero-order chi connectivity index (χ0) is 8.72. The number of carbonyl (C=O) groups is 1. The van der Waals surface area contributed by atoms with Crippen LogP contribution in [-0.4, -0.2) is 5.78 Å². The summed E-state index contributed by atoms with van der Waals surface area (Å²) in [4.78, 5) is 11.6. The van der Waals surface area contributed by atoms with Crippen LogP contribution in [0.2, 0.25) is 0 Å². The molecule has 0 heterocycles. The zero-order valence-corrected chi connectivity index (χ0v) is 7.42. The van der Waals surface area contributed by atoms with Gasteiger partial charge in [0.05, 0.1) is 0 Å². The zero-order valence-electron chi connectivity index (χ0n) is 7.42. The highest BCUT2D eigenvalue weighted by atomic mass is 16.1. The highest BCUT2D eigenvalue weighted by molar-refractivity contribution is 6.03. The van der Waals surface area contributed by atoms with Gasteiger partial charge in [0.25, 0.3) is 0 Å². The van der Waals surface area contributed by atoms with Gasteiger partial charge in [0.1, 0.15) is 0 Å². The molecular formula is C11H12O. The second-order valence-corrected chi connectivity index (χ2v) is 3.58. The molecule has 1 unspecified atom stereocenters. The average molecular weight is 160 g/mol. The number of fused-ring (bicyclic) bond motifs is 1. The van der Waals surface area contributed by atoms with Crippen molar-refractivity contribution in [1.29, 1.82) is 0 Å². The third kappa shape index (κ3) is 0.893. The Bertz CT molecular complexity index is 339. The van der Waals surface area contributed by atoms with E-state index in [1.807, 2.05) is 26.0 Å². The van der Waals surface area contributed by atoms with E-state index in [1.54, 1.807) is 0 Å². The van der Waals surface area contributed by atoms with E-state index in [9.17, 15) is 4.79 Å². The summed E-state index contributed by atoms with van der Waals surface area (Å²) in [5.74, 6) is 0.518. The molecule has 1 heteroatoms. The van der Waals surface area contributed by atoms with Gasteiger partial charge in [-0.3, -0.25) is 4.79 Å². The van der Waals surface area contributed by atoms with Crippen molar-refractivity contribution in [3.05, 3.63) is 34.9 Å². The van der Waals surface area contributed by atoms with Crippen LogP contribution >= 0.6 is 0 Å². The maximum Gasteiger partial charge on any atom is 0.166 e. The van der Waals surface area contributed by atoms with Gasteiger partial charge in [0, 0.05) is 11.5 Å². The van der Waals surface area contributed by atoms with Gasteiger partial charge in [0.15, 0.2) is 5.78 Å². The fourth-order valence-corrected chi connectivity index (χ4v) is 1.92. The Morgan fingerprint density at radius 2 is 2.17 bits per heavy atom. The topological polar surface area (TPSA) is 17.1 Å². The molecule has 1 aliphatic carbocycles. The summed E-state index contributed by atoms with van der Waals surface area (Å²) in [6.45, 7) is 4.01. The number of carbonyl (C=O) groups excluding carboxylic acids is 1. The molecule has 12 heavy (non-hydrogen) atoms. The Morgan fingerprint density at radius 1 is 1.42 bits per heavy atom. The third-order valence-corrected chi connectivity index (χ3v) is 2.58. The second kappa shape index (κ2) is 2.44. The number of Topliss-reactive ketones (excluding diaryl/α,β-unsaturated/α-hetero) is 1. The van der Waals surface area contributed by atoms with E-state index in [4.69, 9.17) is 0 Å². The van der Waals surface area contributed by atoms with Crippen LogP contribution in [0.1, 0.15) is 28.4 Å². The molecule has 0 saturated carbocycles. The quantitative estimate of drug-likeness (QED) is 0.569. The molecule has 1 aromatic carbocycles. The molecular weight excluding hydrogens is 148 g/mol. The second-order valence-electron chi connectivity index (χ2n) is 3.58. The monoisotopic (exact) mass is 160 g/mol. The summed E-state index contributed by atoms with van der Waals surface area (Å²) in [5.41, 5.74) is 3.33. The van der Waals surface area contributed by atoms with Crippen molar-refractivity contribution in [2.75, 3.05) is 0 Å². The third-order valence-electron chi connectivity index (χ3n) is 2.58. The summed E-state index contributed by atoms with van der Waals surface area (Å²) in [7, 11) is 0. The van der Waals surface area contributed by atoms with Gasteiger partial charge >= 0.3 is 0 Å². The van der Waals surface area contributed by atoms with E-state index in [0.717, 1.165) is 17.5 Å². The number of hydrogen-bond acceptors (Lipinski definition) is 1. The Morgan fingerprint density at radius 3 is 2.83 bits per heavy atom. The van der Waals surface area contributed by atoms with Crippen LogP contribution in [0.25, 0.3) is 0 Å². The van der Waals surface area contributed by atoms with Gasteiger partial charge in [-0.1, -0.05) is 25.1 Å². The predicted molar refractivity (Wildman–Crippen MR) is 48.4 cm³/mol. The molecule has 0 fully saturated rings. The molecule has 0 saturated heterocycles. The number of benzene rings is 1. The Balaban J connectivity index is 2.62. The summed E-state index contributed by atoms with van der Waals surface area (Å²) < 4.78 is 0. The van der Waals surface area contributed by atoms with Gasteiger partial charge < -0.3 is 0 Å². The minimum Gasteiger partial charge on any atom is -0.294 e. The van der Waals surface area contributed by atoms with E-state index < -0.39 is 0 Å². The van der Waals surface area contributed by atoms with Gasteiger partial charge in [0.2, 0.25) is 0 Å². The number of rotatable bonds is 0. The lowest BCUT2D eigenvalue weighted by Gasteiger charge is -2.00. The molecule has 0 bridgehead atoms. The predicted octanol–water partition coefficient (Wildman–Crippen LogP) is 2.37. The summed E-state index contributed by atoms with van der Waals surface area (Å²) in [5, 5.41) is 0. The lowest BCUT2D eigenvalue weighted by molar-refractivity contribution is 0.0946. The van der Waals surface area contributed by atoms with Crippen LogP contribution in [0.4, 0.5) is 0 Å². The van der Waals surface area contributed by atoms with Crippen molar-refractivity contribution in [2.45, 2.75) is 20.3 Å². The van der Waals surface area contributed by atoms with Crippen LogP contribution in [-0.2, 0) is 6.42 Å². The maximum absolute atomic E-state index is 11.6. The Labute approximate surface area is 72.4 Å². The first-order chi connectivity index (χ1) is 5.70. The van der Waals surface area contributed by atoms with E-state index in [-0.39, 0.29) is 5.92 Å². The van der Waals surface area contributed by atoms with Crippen molar-refractivity contribution in [3.63, 3.8) is 0 Å². The van der Waals surface area contributed by atoms with Gasteiger partial charge in [-0.05, 0) is 24.5 Å². The molecule has 0 spiro atoms. The molecule has 0 N–H and O–H groups in total. The van der Waals surface area contributed by atoms with Crippen LogP contribution in [0.5, 0.6) is 0 Å². The number of ketones is 1. The first-order valence-corrected chi connectivity index (χ1v) is 4.33. The molecule has 0 aromatic heterocycles. The van der Waals surface area contributed by atoms with E-state index in [0.29, 0.717) is 5.78 Å². The summed E-state index contributed by atoms with van der Waals surface area (Å²) in [6, 6.07) is 6.10. The molecule has 1 aromatic rings. The SMILES string of the molecule is Cc1cccc2c1C(=O)C(C)C2. The molecule has 62 valence electrons. The average Bonchev–Trinajstić information content (AvgIpc) is 2.29. The Kier molecular flexibility index (Phi) is 1.53. The maximum atomic E-state index is 11.6. The number of aryl methyl sites for hydroxylation is 1. The molecule has 2 rings (SSSR count). The van der Waals surface area contributed by atoms with Crippen molar-refractivity contribution >= 4 is 5.78 Å². The standard InChI is InChI=1S/C11H12O/c1-7-4-3-5-9-6-8(2)11(12)10(7)9/h3-5,8H,6H2,1-2H3. The largest absolute Gasteiger partial charge is 0.294 e.